The van der Waals surface area contributed by atoms with Crippen LogP contribution in [0.2, 0.25) is 0 Å². The van der Waals surface area contributed by atoms with Gasteiger partial charge in [0.15, 0.2) is 0 Å². The predicted octanol–water partition coefficient (Wildman–Crippen LogP) is 6.31. The van der Waals surface area contributed by atoms with Gasteiger partial charge in [-0.15, -0.1) is 0 Å². The standard InChI is InChI=1S/C21H24ClNO/c1-5-6-7-19(22)13-12-18-14-23-21(24-4)20(16(18)3)17-10-8-15(2)9-11-17/h7-14H,5-6H2,1-4H3/b13-12-,19-7-. The van der Waals surface area contributed by atoms with Gasteiger partial charge >= 0.3 is 0 Å². The summed E-state index contributed by atoms with van der Waals surface area (Å²) in [5.74, 6) is 0.640. The highest BCUT2D eigenvalue weighted by Crippen LogP contribution is 2.33. The Labute approximate surface area is 149 Å². The van der Waals surface area contributed by atoms with E-state index < -0.39 is 0 Å². The minimum Gasteiger partial charge on any atom is -0.481 e. The first-order valence-electron chi connectivity index (χ1n) is 8.21. The molecule has 126 valence electrons. The molecule has 0 aliphatic heterocycles. The number of hydrogen-bond donors (Lipinski definition) is 0. The lowest BCUT2D eigenvalue weighted by Crippen LogP contribution is -1.97. The van der Waals surface area contributed by atoms with E-state index in [-0.39, 0.29) is 0 Å². The van der Waals surface area contributed by atoms with Crippen LogP contribution in [0.25, 0.3) is 17.2 Å². The summed E-state index contributed by atoms with van der Waals surface area (Å²) in [5.41, 5.74) is 5.52. The van der Waals surface area contributed by atoms with E-state index in [9.17, 15) is 0 Å². The molecule has 0 fully saturated rings. The van der Waals surface area contributed by atoms with Crippen LogP contribution >= 0.6 is 11.6 Å². The molecule has 2 nitrogen and oxygen atoms in total. The zero-order valence-corrected chi connectivity index (χ0v) is 15.5. The highest BCUT2D eigenvalue weighted by molar-refractivity contribution is 6.31. The van der Waals surface area contributed by atoms with E-state index >= 15 is 0 Å². The fourth-order valence-electron chi connectivity index (χ4n) is 2.50. The van der Waals surface area contributed by atoms with Gasteiger partial charge in [0.05, 0.1) is 7.11 Å². The first kappa shape index (κ1) is 18.3. The van der Waals surface area contributed by atoms with Crippen molar-refractivity contribution in [2.75, 3.05) is 7.11 Å². The van der Waals surface area contributed by atoms with Gasteiger partial charge in [-0.1, -0.05) is 66.9 Å². The van der Waals surface area contributed by atoms with Crippen molar-refractivity contribution in [2.24, 2.45) is 0 Å². The number of aryl methyl sites for hydroxylation is 1. The third-order valence-corrected chi connectivity index (χ3v) is 4.21. The van der Waals surface area contributed by atoms with E-state index in [0.29, 0.717) is 5.88 Å². The van der Waals surface area contributed by atoms with E-state index in [2.05, 4.69) is 50.0 Å². The fourth-order valence-corrected chi connectivity index (χ4v) is 2.67. The Bertz CT molecular complexity index is 745. The molecule has 0 aliphatic rings. The van der Waals surface area contributed by atoms with E-state index in [0.717, 1.165) is 40.1 Å². The SMILES string of the molecule is CCC/C=C(Cl)/C=C\c1cnc(OC)c(-c2ccc(C)cc2)c1C. The van der Waals surface area contributed by atoms with Gasteiger partial charge in [0.1, 0.15) is 0 Å². The Morgan fingerprint density at radius 2 is 1.92 bits per heavy atom. The van der Waals surface area contributed by atoms with E-state index in [1.807, 2.05) is 24.4 Å². The summed E-state index contributed by atoms with van der Waals surface area (Å²) in [5, 5.41) is 0.754. The first-order valence-corrected chi connectivity index (χ1v) is 8.59. The van der Waals surface area contributed by atoms with Crippen LogP contribution in [0.1, 0.15) is 36.5 Å². The van der Waals surface area contributed by atoms with Gasteiger partial charge in [0, 0.05) is 16.8 Å². The van der Waals surface area contributed by atoms with Crippen molar-refractivity contribution in [1.29, 1.82) is 0 Å². The summed E-state index contributed by atoms with van der Waals surface area (Å²) >= 11 is 6.22. The summed E-state index contributed by atoms with van der Waals surface area (Å²) in [6.45, 7) is 6.30. The lowest BCUT2D eigenvalue weighted by Gasteiger charge is -2.13. The highest BCUT2D eigenvalue weighted by Gasteiger charge is 2.13. The molecular formula is C21H24ClNO. The van der Waals surface area contributed by atoms with Crippen LogP contribution in [0.3, 0.4) is 0 Å². The number of unbranched alkanes of at least 4 members (excludes halogenated alkanes) is 1. The summed E-state index contributed by atoms with van der Waals surface area (Å²) in [4.78, 5) is 4.46. The first-order chi connectivity index (χ1) is 11.6. The van der Waals surface area contributed by atoms with E-state index in [4.69, 9.17) is 16.3 Å². The molecule has 2 aromatic rings. The van der Waals surface area contributed by atoms with Crippen LogP contribution in [0.15, 0.2) is 47.6 Å². The molecule has 0 radical (unpaired) electrons. The Morgan fingerprint density at radius 3 is 2.54 bits per heavy atom. The number of nitrogens with zero attached hydrogens (tertiary/aromatic N) is 1. The molecule has 1 aromatic heterocycles. The Hall–Kier alpha value is -2.06. The van der Waals surface area contributed by atoms with Gasteiger partial charge < -0.3 is 4.74 Å². The molecule has 0 aliphatic carbocycles. The monoisotopic (exact) mass is 341 g/mol. The predicted molar refractivity (Wildman–Crippen MR) is 104 cm³/mol. The second kappa shape index (κ2) is 8.70. The van der Waals surface area contributed by atoms with E-state index in [1.165, 1.54) is 5.56 Å². The summed E-state index contributed by atoms with van der Waals surface area (Å²) in [6, 6.07) is 8.40. The van der Waals surface area contributed by atoms with Crippen LogP contribution in [0.4, 0.5) is 0 Å². The number of benzene rings is 1. The fraction of sp³-hybridized carbons (Fsp3) is 0.286. The molecule has 1 heterocycles. The number of methoxy groups -OCH3 is 1. The van der Waals surface area contributed by atoms with Crippen molar-refractivity contribution in [3.8, 4) is 17.0 Å². The minimum atomic E-state index is 0.640. The smallest absolute Gasteiger partial charge is 0.221 e. The summed E-state index contributed by atoms with van der Waals surface area (Å²) in [6.07, 6.45) is 9.86. The van der Waals surface area contributed by atoms with Gasteiger partial charge in [-0.05, 0) is 43.0 Å². The number of pyridine rings is 1. The van der Waals surface area contributed by atoms with Crippen molar-refractivity contribution in [3.05, 3.63) is 64.3 Å². The highest BCUT2D eigenvalue weighted by atomic mass is 35.5. The average molecular weight is 342 g/mol. The van der Waals surface area contributed by atoms with Gasteiger partial charge in [0.25, 0.3) is 0 Å². The molecule has 0 unspecified atom stereocenters. The molecule has 0 saturated carbocycles. The van der Waals surface area contributed by atoms with Crippen molar-refractivity contribution < 1.29 is 4.74 Å². The number of allylic oxidation sites excluding steroid dienone is 3. The second-order valence-electron chi connectivity index (χ2n) is 5.80. The second-order valence-corrected chi connectivity index (χ2v) is 6.24. The minimum absolute atomic E-state index is 0.640. The number of ether oxygens (including phenoxy) is 1. The molecule has 0 bridgehead atoms. The maximum atomic E-state index is 6.22. The van der Waals surface area contributed by atoms with Crippen LogP contribution in [0.5, 0.6) is 5.88 Å². The Morgan fingerprint density at radius 1 is 1.21 bits per heavy atom. The lowest BCUT2D eigenvalue weighted by molar-refractivity contribution is 0.399. The third kappa shape index (κ3) is 4.48. The zero-order chi connectivity index (χ0) is 17.5. The van der Waals surface area contributed by atoms with Crippen LogP contribution in [0, 0.1) is 13.8 Å². The molecule has 2 rings (SSSR count). The number of halogens is 1. The van der Waals surface area contributed by atoms with Gasteiger partial charge in [0.2, 0.25) is 5.88 Å². The number of rotatable bonds is 6. The number of aromatic nitrogens is 1. The lowest BCUT2D eigenvalue weighted by atomic mass is 9.97. The van der Waals surface area contributed by atoms with Gasteiger partial charge in [-0.3, -0.25) is 0 Å². The Kier molecular flexibility index (Phi) is 6.62. The summed E-state index contributed by atoms with van der Waals surface area (Å²) in [7, 11) is 1.65. The molecule has 0 amide bonds. The van der Waals surface area contributed by atoms with Crippen LogP contribution in [-0.2, 0) is 0 Å². The average Bonchev–Trinajstić information content (AvgIpc) is 2.59. The largest absolute Gasteiger partial charge is 0.481 e. The van der Waals surface area contributed by atoms with Crippen molar-refractivity contribution >= 4 is 17.7 Å². The van der Waals surface area contributed by atoms with Gasteiger partial charge in [-0.2, -0.15) is 0 Å². The molecule has 0 saturated heterocycles. The molecular weight excluding hydrogens is 318 g/mol. The van der Waals surface area contributed by atoms with Gasteiger partial charge in [-0.25, -0.2) is 4.98 Å². The zero-order valence-electron chi connectivity index (χ0n) is 14.8. The summed E-state index contributed by atoms with van der Waals surface area (Å²) < 4.78 is 5.47. The van der Waals surface area contributed by atoms with Crippen molar-refractivity contribution in [3.63, 3.8) is 0 Å². The normalized spacial score (nSPS) is 12.0. The van der Waals surface area contributed by atoms with Crippen LogP contribution < -0.4 is 4.74 Å². The third-order valence-electron chi connectivity index (χ3n) is 3.93. The maximum absolute atomic E-state index is 6.22. The number of hydrogen-bond acceptors (Lipinski definition) is 2. The van der Waals surface area contributed by atoms with E-state index in [1.54, 1.807) is 7.11 Å². The molecule has 0 atom stereocenters. The van der Waals surface area contributed by atoms with Crippen LogP contribution in [-0.4, -0.2) is 12.1 Å². The molecule has 24 heavy (non-hydrogen) atoms. The molecule has 0 spiro atoms. The molecule has 3 heteroatoms. The maximum Gasteiger partial charge on any atom is 0.221 e. The molecule has 0 N–H and O–H groups in total. The van der Waals surface area contributed by atoms with Crippen molar-refractivity contribution in [2.45, 2.75) is 33.6 Å². The quantitative estimate of drug-likeness (QED) is 0.574. The van der Waals surface area contributed by atoms with Crippen molar-refractivity contribution in [1.82, 2.24) is 4.98 Å². The topological polar surface area (TPSA) is 22.1 Å². The molecule has 1 aromatic carbocycles. The Balaban J connectivity index is 2.44.